The van der Waals surface area contributed by atoms with Crippen molar-refractivity contribution in [1.82, 2.24) is 0 Å². The molecule has 1 unspecified atom stereocenters. The number of hydrogen-bond acceptors (Lipinski definition) is 3. The fraction of sp³-hybridized carbons (Fsp3) is 0.455. The van der Waals surface area contributed by atoms with E-state index in [-0.39, 0.29) is 9.92 Å². The SMILES string of the molecule is CC(N)C(C)(C)S(=O)(=O)c1ccccc1Cl. The third-order valence-electron chi connectivity index (χ3n) is 2.92. The molecule has 1 aromatic carbocycles. The van der Waals surface area contributed by atoms with E-state index in [9.17, 15) is 8.42 Å². The highest BCUT2D eigenvalue weighted by atomic mass is 35.5. The fourth-order valence-corrected chi connectivity index (χ4v) is 3.27. The lowest BCUT2D eigenvalue weighted by atomic mass is 10.1. The number of halogens is 1. The van der Waals surface area contributed by atoms with Gasteiger partial charge in [0.25, 0.3) is 0 Å². The van der Waals surface area contributed by atoms with Gasteiger partial charge in [-0.05, 0) is 32.9 Å². The van der Waals surface area contributed by atoms with Crippen molar-refractivity contribution in [3.63, 3.8) is 0 Å². The topological polar surface area (TPSA) is 60.2 Å². The maximum absolute atomic E-state index is 12.4. The molecule has 0 saturated carbocycles. The van der Waals surface area contributed by atoms with E-state index >= 15 is 0 Å². The van der Waals surface area contributed by atoms with E-state index in [1.165, 1.54) is 6.07 Å². The summed E-state index contributed by atoms with van der Waals surface area (Å²) in [4.78, 5) is 0.138. The predicted molar refractivity (Wildman–Crippen MR) is 66.4 cm³/mol. The molecule has 0 spiro atoms. The van der Waals surface area contributed by atoms with E-state index < -0.39 is 20.6 Å². The molecule has 1 aromatic rings. The molecular formula is C11H16ClNO2S. The average molecular weight is 262 g/mol. The van der Waals surface area contributed by atoms with Crippen LogP contribution in [0.4, 0.5) is 0 Å². The Bertz CT molecular complexity index is 481. The Morgan fingerprint density at radius 1 is 1.31 bits per heavy atom. The summed E-state index contributed by atoms with van der Waals surface area (Å²) in [6, 6.07) is 5.93. The standard InChI is InChI=1S/C11H16ClNO2S/c1-8(13)11(2,3)16(14,15)10-7-5-4-6-9(10)12/h4-8H,13H2,1-3H3. The molecule has 0 saturated heterocycles. The smallest absolute Gasteiger partial charge is 0.186 e. The molecule has 0 radical (unpaired) electrons. The number of nitrogens with two attached hydrogens (primary N) is 1. The second-order valence-corrected chi connectivity index (χ2v) is 7.23. The zero-order valence-corrected chi connectivity index (χ0v) is 11.1. The normalized spacial score (nSPS) is 14.8. The lowest BCUT2D eigenvalue weighted by Gasteiger charge is -2.29. The molecule has 0 aliphatic heterocycles. The molecule has 0 heterocycles. The van der Waals surface area contributed by atoms with Crippen molar-refractivity contribution in [1.29, 1.82) is 0 Å². The van der Waals surface area contributed by atoms with E-state index in [1.54, 1.807) is 39.0 Å². The first-order valence-corrected chi connectivity index (χ1v) is 6.82. The van der Waals surface area contributed by atoms with Gasteiger partial charge in [-0.15, -0.1) is 0 Å². The summed E-state index contributed by atoms with van der Waals surface area (Å²) in [5.74, 6) is 0. The fourth-order valence-electron chi connectivity index (χ4n) is 1.19. The van der Waals surface area contributed by atoms with Crippen LogP contribution in [-0.2, 0) is 9.84 Å². The van der Waals surface area contributed by atoms with Gasteiger partial charge in [0, 0.05) is 6.04 Å². The second kappa shape index (κ2) is 4.35. The van der Waals surface area contributed by atoms with Gasteiger partial charge in [-0.2, -0.15) is 0 Å². The zero-order valence-electron chi connectivity index (χ0n) is 9.57. The zero-order chi connectivity index (χ0) is 12.6. The van der Waals surface area contributed by atoms with Gasteiger partial charge in [0.2, 0.25) is 0 Å². The first kappa shape index (κ1) is 13.5. The molecule has 1 rings (SSSR count). The van der Waals surface area contributed by atoms with Crippen LogP contribution in [0.1, 0.15) is 20.8 Å². The van der Waals surface area contributed by atoms with Crippen LogP contribution in [0, 0.1) is 0 Å². The van der Waals surface area contributed by atoms with Crippen LogP contribution in [0.15, 0.2) is 29.2 Å². The maximum atomic E-state index is 12.4. The Balaban J connectivity index is 3.39. The molecule has 2 N–H and O–H groups in total. The third-order valence-corrected chi connectivity index (χ3v) is 6.05. The second-order valence-electron chi connectivity index (χ2n) is 4.33. The van der Waals surface area contributed by atoms with Gasteiger partial charge in [-0.25, -0.2) is 8.42 Å². The van der Waals surface area contributed by atoms with Crippen molar-refractivity contribution in [3.8, 4) is 0 Å². The van der Waals surface area contributed by atoms with Gasteiger partial charge in [0.05, 0.1) is 14.7 Å². The van der Waals surface area contributed by atoms with Crippen LogP contribution in [0.5, 0.6) is 0 Å². The Morgan fingerprint density at radius 2 is 1.81 bits per heavy atom. The van der Waals surface area contributed by atoms with E-state index in [0.29, 0.717) is 0 Å². The van der Waals surface area contributed by atoms with E-state index in [4.69, 9.17) is 17.3 Å². The molecule has 0 amide bonds. The molecule has 1 atom stereocenters. The van der Waals surface area contributed by atoms with Gasteiger partial charge in [-0.3, -0.25) is 0 Å². The third kappa shape index (κ3) is 2.10. The van der Waals surface area contributed by atoms with E-state index in [1.807, 2.05) is 0 Å². The summed E-state index contributed by atoms with van der Waals surface area (Å²) in [5, 5.41) is 0.233. The lowest BCUT2D eigenvalue weighted by Crippen LogP contribution is -2.47. The first-order chi connectivity index (χ1) is 7.21. The Hall–Kier alpha value is -0.580. The summed E-state index contributed by atoms with van der Waals surface area (Å²) in [7, 11) is -3.53. The Morgan fingerprint density at radius 3 is 2.25 bits per heavy atom. The highest BCUT2D eigenvalue weighted by Crippen LogP contribution is 2.31. The molecule has 0 aliphatic rings. The van der Waals surface area contributed by atoms with Crippen molar-refractivity contribution in [2.45, 2.75) is 36.5 Å². The highest BCUT2D eigenvalue weighted by molar-refractivity contribution is 7.93. The summed E-state index contributed by atoms with van der Waals surface area (Å²) in [6.45, 7) is 4.89. The van der Waals surface area contributed by atoms with Crippen molar-refractivity contribution >= 4 is 21.4 Å². The van der Waals surface area contributed by atoms with Crippen molar-refractivity contribution < 1.29 is 8.42 Å². The van der Waals surface area contributed by atoms with Crippen LogP contribution < -0.4 is 5.73 Å². The minimum absolute atomic E-state index is 0.138. The van der Waals surface area contributed by atoms with Gasteiger partial charge in [0.1, 0.15) is 0 Å². The molecule has 5 heteroatoms. The van der Waals surface area contributed by atoms with Gasteiger partial charge < -0.3 is 5.73 Å². The molecule has 0 bridgehead atoms. The number of sulfone groups is 1. The Labute approximate surface area is 102 Å². The van der Waals surface area contributed by atoms with Crippen molar-refractivity contribution in [3.05, 3.63) is 29.3 Å². The molecule has 3 nitrogen and oxygen atoms in total. The summed E-state index contributed by atoms with van der Waals surface area (Å²) >= 11 is 5.90. The molecular weight excluding hydrogens is 246 g/mol. The minimum Gasteiger partial charge on any atom is -0.327 e. The summed E-state index contributed by atoms with van der Waals surface area (Å²) in [6.07, 6.45) is 0. The average Bonchev–Trinajstić information content (AvgIpc) is 2.17. The number of rotatable bonds is 3. The van der Waals surface area contributed by atoms with Crippen molar-refractivity contribution in [2.24, 2.45) is 5.73 Å². The molecule has 0 fully saturated rings. The van der Waals surface area contributed by atoms with Crippen LogP contribution in [-0.4, -0.2) is 19.2 Å². The quantitative estimate of drug-likeness (QED) is 0.908. The summed E-state index contributed by atoms with van der Waals surface area (Å²) in [5.41, 5.74) is 5.72. The molecule has 0 aromatic heterocycles. The van der Waals surface area contributed by atoms with Gasteiger partial charge in [-0.1, -0.05) is 23.7 Å². The number of benzene rings is 1. The summed E-state index contributed by atoms with van der Waals surface area (Å²) < 4.78 is 23.7. The lowest BCUT2D eigenvalue weighted by molar-refractivity contribution is 0.501. The van der Waals surface area contributed by atoms with Crippen LogP contribution in [0.25, 0.3) is 0 Å². The van der Waals surface area contributed by atoms with Gasteiger partial charge in [0.15, 0.2) is 9.84 Å². The number of hydrogen-bond donors (Lipinski definition) is 1. The molecule has 16 heavy (non-hydrogen) atoms. The maximum Gasteiger partial charge on any atom is 0.186 e. The van der Waals surface area contributed by atoms with Crippen LogP contribution in [0.2, 0.25) is 5.02 Å². The monoisotopic (exact) mass is 261 g/mol. The largest absolute Gasteiger partial charge is 0.327 e. The first-order valence-electron chi connectivity index (χ1n) is 4.96. The Kier molecular flexibility index (Phi) is 3.67. The highest BCUT2D eigenvalue weighted by Gasteiger charge is 2.39. The molecule has 0 aliphatic carbocycles. The van der Waals surface area contributed by atoms with Crippen LogP contribution >= 0.6 is 11.6 Å². The predicted octanol–water partition coefficient (Wildman–Crippen LogP) is 2.24. The van der Waals surface area contributed by atoms with E-state index in [2.05, 4.69) is 0 Å². The minimum atomic E-state index is -3.53. The van der Waals surface area contributed by atoms with Gasteiger partial charge >= 0.3 is 0 Å². The molecule has 90 valence electrons. The van der Waals surface area contributed by atoms with E-state index in [0.717, 1.165) is 0 Å². The van der Waals surface area contributed by atoms with Crippen molar-refractivity contribution in [2.75, 3.05) is 0 Å². The van der Waals surface area contributed by atoms with Crippen LogP contribution in [0.3, 0.4) is 0 Å².